The first-order valence-electron chi connectivity index (χ1n) is 12.6. The van der Waals surface area contributed by atoms with E-state index >= 15 is 0 Å². The molecule has 0 heterocycles. The van der Waals surface area contributed by atoms with Gasteiger partial charge in [-0.05, 0) is 41.0 Å². The van der Waals surface area contributed by atoms with E-state index in [2.05, 4.69) is 13.8 Å². The highest BCUT2D eigenvalue weighted by atomic mass is 16.6. The Balaban J connectivity index is 3.58. The molecule has 0 saturated carbocycles. The van der Waals surface area contributed by atoms with Crippen LogP contribution in [0.2, 0.25) is 0 Å². The topological polar surface area (TPSA) is 66.4 Å². The van der Waals surface area contributed by atoms with Crippen LogP contribution in [-0.2, 0) is 23.7 Å². The molecule has 0 bridgehead atoms. The highest BCUT2D eigenvalue weighted by Gasteiger charge is 2.12. The second-order valence-electron chi connectivity index (χ2n) is 8.91. The second-order valence-corrected chi connectivity index (χ2v) is 8.91. The Morgan fingerprint density at radius 3 is 1.26 bits per heavy atom. The van der Waals surface area contributed by atoms with Gasteiger partial charge in [-0.2, -0.15) is 0 Å². The number of ether oxygens (including phenoxy) is 5. The molecule has 0 amide bonds. The van der Waals surface area contributed by atoms with E-state index in [4.69, 9.17) is 28.8 Å². The minimum absolute atomic E-state index is 0.0144. The van der Waals surface area contributed by atoms with E-state index in [0.29, 0.717) is 26.4 Å². The summed E-state index contributed by atoms with van der Waals surface area (Å²) in [6.45, 7) is 15.0. The van der Waals surface area contributed by atoms with Gasteiger partial charge in [-0.3, -0.25) is 0 Å². The van der Waals surface area contributed by atoms with E-state index in [0.717, 1.165) is 13.0 Å². The molecule has 0 aliphatic heterocycles. The van der Waals surface area contributed by atoms with Crippen LogP contribution in [0.1, 0.15) is 92.9 Å². The summed E-state index contributed by atoms with van der Waals surface area (Å²) >= 11 is 0. The summed E-state index contributed by atoms with van der Waals surface area (Å²) in [5.41, 5.74) is 0. The van der Waals surface area contributed by atoms with Crippen molar-refractivity contribution in [1.82, 2.24) is 0 Å². The average molecular weight is 449 g/mol. The smallest absolute Gasteiger partial charge is 0.0781 e. The zero-order valence-corrected chi connectivity index (χ0v) is 21.3. The van der Waals surface area contributed by atoms with E-state index in [1.807, 2.05) is 27.7 Å². The van der Waals surface area contributed by atoms with Crippen LogP contribution in [0.15, 0.2) is 0 Å². The SMILES string of the molecule is CCCCCCCCCCOC(C)COC(C)COC(C)COC(C)COC(C)CO. The third-order valence-corrected chi connectivity index (χ3v) is 5.12. The molecular formula is C25H52O6. The molecule has 0 aliphatic rings. The minimum atomic E-state index is -0.163. The third-order valence-electron chi connectivity index (χ3n) is 5.12. The van der Waals surface area contributed by atoms with Gasteiger partial charge in [-0.1, -0.05) is 51.9 Å². The lowest BCUT2D eigenvalue weighted by Crippen LogP contribution is -2.29. The summed E-state index contributed by atoms with van der Waals surface area (Å²) in [4.78, 5) is 0. The average Bonchev–Trinajstić information content (AvgIpc) is 2.77. The van der Waals surface area contributed by atoms with E-state index < -0.39 is 0 Å². The molecule has 6 heteroatoms. The fourth-order valence-electron chi connectivity index (χ4n) is 2.96. The number of rotatable bonds is 23. The molecule has 5 atom stereocenters. The molecule has 1 N–H and O–H groups in total. The van der Waals surface area contributed by atoms with E-state index in [-0.39, 0.29) is 37.1 Å². The van der Waals surface area contributed by atoms with E-state index in [1.165, 1.54) is 44.9 Å². The highest BCUT2D eigenvalue weighted by Crippen LogP contribution is 2.09. The molecular weight excluding hydrogens is 396 g/mol. The Labute approximate surface area is 192 Å². The molecule has 0 fully saturated rings. The van der Waals surface area contributed by atoms with Crippen LogP contribution < -0.4 is 0 Å². The highest BCUT2D eigenvalue weighted by molar-refractivity contribution is 4.57. The molecule has 6 nitrogen and oxygen atoms in total. The quantitative estimate of drug-likeness (QED) is 0.218. The molecule has 0 aromatic rings. The van der Waals surface area contributed by atoms with Crippen molar-refractivity contribution in [3.05, 3.63) is 0 Å². The van der Waals surface area contributed by atoms with E-state index in [1.54, 1.807) is 0 Å². The van der Waals surface area contributed by atoms with Crippen LogP contribution in [0.3, 0.4) is 0 Å². The zero-order chi connectivity index (χ0) is 23.3. The van der Waals surface area contributed by atoms with Gasteiger partial charge in [0.25, 0.3) is 0 Å². The van der Waals surface area contributed by atoms with Crippen LogP contribution in [0, 0.1) is 0 Å². The predicted octanol–water partition coefficient (Wildman–Crippen LogP) is 5.14. The maximum atomic E-state index is 8.96. The van der Waals surface area contributed by atoms with Crippen LogP contribution in [-0.4, -0.2) is 75.3 Å². The van der Waals surface area contributed by atoms with Crippen LogP contribution in [0.4, 0.5) is 0 Å². The Morgan fingerprint density at radius 1 is 0.484 bits per heavy atom. The van der Waals surface area contributed by atoms with Crippen molar-refractivity contribution in [3.63, 3.8) is 0 Å². The van der Waals surface area contributed by atoms with Crippen molar-refractivity contribution in [2.45, 2.75) is 123 Å². The summed E-state index contributed by atoms with van der Waals surface area (Å²) in [7, 11) is 0. The van der Waals surface area contributed by atoms with Gasteiger partial charge in [0.05, 0.1) is 63.6 Å². The number of hydrogen-bond donors (Lipinski definition) is 1. The largest absolute Gasteiger partial charge is 0.394 e. The zero-order valence-electron chi connectivity index (χ0n) is 21.3. The molecule has 31 heavy (non-hydrogen) atoms. The third kappa shape index (κ3) is 21.4. The number of unbranched alkanes of at least 4 members (excludes halogenated alkanes) is 7. The van der Waals surface area contributed by atoms with Crippen molar-refractivity contribution in [1.29, 1.82) is 0 Å². The van der Waals surface area contributed by atoms with Crippen molar-refractivity contribution in [3.8, 4) is 0 Å². The van der Waals surface area contributed by atoms with Gasteiger partial charge in [0.1, 0.15) is 0 Å². The molecule has 0 radical (unpaired) electrons. The summed E-state index contributed by atoms with van der Waals surface area (Å²) in [5.74, 6) is 0. The van der Waals surface area contributed by atoms with E-state index in [9.17, 15) is 0 Å². The first-order valence-corrected chi connectivity index (χ1v) is 12.6. The maximum Gasteiger partial charge on any atom is 0.0781 e. The lowest BCUT2D eigenvalue weighted by atomic mass is 10.1. The first-order chi connectivity index (χ1) is 14.9. The Morgan fingerprint density at radius 2 is 0.839 bits per heavy atom. The molecule has 0 aliphatic carbocycles. The Kier molecular flexibility index (Phi) is 21.4. The summed E-state index contributed by atoms with van der Waals surface area (Å²) in [6, 6.07) is 0. The first kappa shape index (κ1) is 30.8. The van der Waals surface area contributed by atoms with Gasteiger partial charge in [-0.25, -0.2) is 0 Å². The lowest BCUT2D eigenvalue weighted by Gasteiger charge is -2.21. The lowest BCUT2D eigenvalue weighted by molar-refractivity contribution is -0.0975. The number of hydrogen-bond acceptors (Lipinski definition) is 6. The number of aliphatic hydroxyl groups excluding tert-OH is 1. The molecule has 0 rings (SSSR count). The standard InChI is InChI=1S/C25H52O6/c1-7-8-9-10-11-12-13-14-15-27-22(3)17-29-24(5)19-31-25(6)20-30-23(4)18-28-21(2)16-26/h21-26H,7-20H2,1-6H3. The maximum absolute atomic E-state index is 8.96. The minimum Gasteiger partial charge on any atom is -0.394 e. The van der Waals surface area contributed by atoms with Gasteiger partial charge in [0.2, 0.25) is 0 Å². The van der Waals surface area contributed by atoms with Crippen LogP contribution in [0.5, 0.6) is 0 Å². The van der Waals surface area contributed by atoms with Crippen LogP contribution in [0.25, 0.3) is 0 Å². The van der Waals surface area contributed by atoms with Crippen molar-refractivity contribution >= 4 is 0 Å². The van der Waals surface area contributed by atoms with Crippen LogP contribution >= 0.6 is 0 Å². The fraction of sp³-hybridized carbons (Fsp3) is 1.00. The molecule has 0 spiro atoms. The molecule has 0 aromatic heterocycles. The van der Waals surface area contributed by atoms with Crippen molar-refractivity contribution in [2.24, 2.45) is 0 Å². The molecule has 0 saturated heterocycles. The van der Waals surface area contributed by atoms with Gasteiger partial charge in [-0.15, -0.1) is 0 Å². The number of aliphatic hydroxyl groups is 1. The second kappa shape index (κ2) is 21.6. The van der Waals surface area contributed by atoms with Gasteiger partial charge in [0.15, 0.2) is 0 Å². The van der Waals surface area contributed by atoms with Crippen molar-refractivity contribution < 1.29 is 28.8 Å². The Hall–Kier alpha value is -0.240. The normalized spacial score (nSPS) is 16.7. The summed E-state index contributed by atoms with van der Waals surface area (Å²) in [6.07, 6.45) is 10.4. The summed E-state index contributed by atoms with van der Waals surface area (Å²) in [5, 5.41) is 8.96. The van der Waals surface area contributed by atoms with Gasteiger partial charge >= 0.3 is 0 Å². The predicted molar refractivity (Wildman–Crippen MR) is 127 cm³/mol. The monoisotopic (exact) mass is 448 g/mol. The molecule has 5 unspecified atom stereocenters. The van der Waals surface area contributed by atoms with Gasteiger partial charge in [0, 0.05) is 6.61 Å². The fourth-order valence-corrected chi connectivity index (χ4v) is 2.96. The van der Waals surface area contributed by atoms with Crippen molar-refractivity contribution in [2.75, 3.05) is 39.6 Å². The summed E-state index contributed by atoms with van der Waals surface area (Å²) < 4.78 is 28.7. The molecule has 188 valence electrons. The van der Waals surface area contributed by atoms with Gasteiger partial charge < -0.3 is 28.8 Å². The molecule has 0 aromatic carbocycles. The Bertz CT molecular complexity index is 368.